The third-order valence-corrected chi connectivity index (χ3v) is 7.67. The Bertz CT molecular complexity index is 1290. The minimum Gasteiger partial charge on any atom is -0.381 e. The maximum Gasteiger partial charge on any atom is 0.123 e. The molecule has 1 saturated carbocycles. The van der Waals surface area contributed by atoms with Gasteiger partial charge < -0.3 is 14.1 Å². The van der Waals surface area contributed by atoms with E-state index in [-0.39, 0.29) is 11.7 Å². The average Bonchev–Trinajstić information content (AvgIpc) is 3.45. The van der Waals surface area contributed by atoms with Crippen LogP contribution in [0.1, 0.15) is 61.6 Å². The highest BCUT2D eigenvalue weighted by Gasteiger charge is 2.33. The number of nitrogens with zero attached hydrogens (tertiary/aromatic N) is 2. The molecule has 2 aromatic carbocycles. The zero-order valence-electron chi connectivity index (χ0n) is 18.6. The van der Waals surface area contributed by atoms with Gasteiger partial charge in [-0.25, -0.2) is 4.39 Å². The second-order valence-corrected chi connectivity index (χ2v) is 9.57. The van der Waals surface area contributed by atoms with E-state index < -0.39 is 0 Å². The highest BCUT2D eigenvalue weighted by molar-refractivity contribution is 5.99. The van der Waals surface area contributed by atoms with Crippen LogP contribution in [0.4, 0.5) is 4.39 Å². The van der Waals surface area contributed by atoms with Crippen molar-refractivity contribution < 1.29 is 13.9 Å². The first-order valence-corrected chi connectivity index (χ1v) is 12.0. The second kappa shape index (κ2) is 8.41. The Hall–Kier alpha value is -2.99. The predicted molar refractivity (Wildman–Crippen MR) is 126 cm³/mol. The summed E-state index contributed by atoms with van der Waals surface area (Å²) in [6.07, 6.45) is 8.87. The van der Waals surface area contributed by atoms with Crippen molar-refractivity contribution in [2.24, 2.45) is 5.92 Å². The summed E-state index contributed by atoms with van der Waals surface area (Å²) < 4.78 is 21.9. The number of aromatic amines is 1. The van der Waals surface area contributed by atoms with Crippen molar-refractivity contribution in [1.29, 1.82) is 0 Å². The van der Waals surface area contributed by atoms with E-state index in [1.165, 1.54) is 16.6 Å². The lowest BCUT2D eigenvalue weighted by Crippen LogP contribution is -2.20. The summed E-state index contributed by atoms with van der Waals surface area (Å²) in [5.41, 5.74) is 5.90. The van der Waals surface area contributed by atoms with Gasteiger partial charge in [0, 0.05) is 47.2 Å². The summed E-state index contributed by atoms with van der Waals surface area (Å²) >= 11 is 0. The Morgan fingerprint density at radius 2 is 1.76 bits per heavy atom. The van der Waals surface area contributed by atoms with Crippen LogP contribution >= 0.6 is 0 Å². The van der Waals surface area contributed by atoms with Crippen molar-refractivity contribution in [2.75, 3.05) is 13.2 Å². The van der Waals surface area contributed by atoms with Crippen LogP contribution in [0, 0.1) is 11.7 Å². The highest BCUT2D eigenvalue weighted by atomic mass is 19.1. The third kappa shape index (κ3) is 3.57. The number of benzene rings is 2. The fraction of sp³-hybridized carbons (Fsp3) is 0.407. The molecule has 170 valence electrons. The first-order chi connectivity index (χ1) is 16.2. The molecular formula is C27H28FN3O2. The Labute approximate surface area is 191 Å². The van der Waals surface area contributed by atoms with Gasteiger partial charge >= 0.3 is 0 Å². The van der Waals surface area contributed by atoms with Gasteiger partial charge in [0.15, 0.2) is 0 Å². The van der Waals surface area contributed by atoms with Gasteiger partial charge in [-0.2, -0.15) is 5.10 Å². The molecule has 6 heteroatoms. The van der Waals surface area contributed by atoms with Gasteiger partial charge in [0.05, 0.1) is 17.2 Å². The lowest BCUT2D eigenvalue weighted by molar-refractivity contribution is -0.111. The zero-order chi connectivity index (χ0) is 22.4. The third-order valence-electron chi connectivity index (χ3n) is 7.67. The van der Waals surface area contributed by atoms with Crippen LogP contribution in [0.15, 0.2) is 42.6 Å². The highest BCUT2D eigenvalue weighted by Crippen LogP contribution is 2.47. The topological polar surface area (TPSA) is 59.9 Å². The molecule has 1 aliphatic carbocycles. The van der Waals surface area contributed by atoms with E-state index in [1.807, 2.05) is 18.3 Å². The maximum absolute atomic E-state index is 13.8. The number of aromatic nitrogens is 3. The molecular weight excluding hydrogens is 417 g/mol. The standard InChI is InChI=1S/C27H28FN3O2/c28-21-5-7-22(8-6-21)31-25-13-20-15-29-30-24(20)14-23(25)26(18-3-1-17(16-32)2-4-18)27(31)19-9-11-33-12-10-19/h5-8,13-19H,1-4,9-12H2,(H,29,30). The number of carbonyl (C=O) groups excluding carboxylic acids is 1. The van der Waals surface area contributed by atoms with Gasteiger partial charge in [0.25, 0.3) is 0 Å². The van der Waals surface area contributed by atoms with Crippen LogP contribution in [-0.4, -0.2) is 34.3 Å². The molecule has 0 bridgehead atoms. The number of rotatable bonds is 4. The fourth-order valence-corrected chi connectivity index (χ4v) is 5.98. The monoisotopic (exact) mass is 445 g/mol. The van der Waals surface area contributed by atoms with Crippen LogP contribution < -0.4 is 0 Å². The Balaban J connectivity index is 1.63. The summed E-state index contributed by atoms with van der Waals surface area (Å²) in [6, 6.07) is 11.3. The molecule has 2 aromatic heterocycles. The van der Waals surface area contributed by atoms with Gasteiger partial charge in [-0.3, -0.25) is 5.10 Å². The van der Waals surface area contributed by atoms with E-state index in [1.54, 1.807) is 12.1 Å². The van der Waals surface area contributed by atoms with Gasteiger partial charge in [0.1, 0.15) is 12.1 Å². The van der Waals surface area contributed by atoms with Crippen molar-refractivity contribution in [3.63, 3.8) is 0 Å². The number of nitrogens with one attached hydrogen (secondary N) is 1. The Morgan fingerprint density at radius 3 is 2.48 bits per heavy atom. The molecule has 0 spiro atoms. The first kappa shape index (κ1) is 20.6. The first-order valence-electron chi connectivity index (χ1n) is 12.0. The number of aldehydes is 1. The van der Waals surface area contributed by atoms with Gasteiger partial charge in [-0.15, -0.1) is 0 Å². The van der Waals surface area contributed by atoms with Gasteiger partial charge in [-0.1, -0.05) is 0 Å². The summed E-state index contributed by atoms with van der Waals surface area (Å²) in [7, 11) is 0. The molecule has 5 nitrogen and oxygen atoms in total. The van der Waals surface area contributed by atoms with Crippen LogP contribution in [0.3, 0.4) is 0 Å². The minimum atomic E-state index is -0.229. The summed E-state index contributed by atoms with van der Waals surface area (Å²) in [6.45, 7) is 1.52. The van der Waals surface area contributed by atoms with E-state index in [9.17, 15) is 9.18 Å². The van der Waals surface area contributed by atoms with Crippen molar-refractivity contribution >= 4 is 28.1 Å². The molecule has 2 aliphatic rings. The molecule has 0 amide bonds. The fourth-order valence-electron chi connectivity index (χ4n) is 5.98. The average molecular weight is 446 g/mol. The molecule has 33 heavy (non-hydrogen) atoms. The van der Waals surface area contributed by atoms with E-state index >= 15 is 0 Å². The van der Waals surface area contributed by atoms with Crippen molar-refractivity contribution in [2.45, 2.75) is 50.4 Å². The SMILES string of the molecule is O=CC1CCC(c2c(C3CCOCC3)n(-c3ccc(F)cc3)c3cc4cn[nH]c4cc23)CC1. The summed E-state index contributed by atoms with van der Waals surface area (Å²) in [4.78, 5) is 11.4. The Kier molecular flexibility index (Phi) is 5.25. The Morgan fingerprint density at radius 1 is 1.00 bits per heavy atom. The quantitative estimate of drug-likeness (QED) is 0.391. The molecule has 1 saturated heterocycles. The molecule has 2 fully saturated rings. The van der Waals surface area contributed by atoms with Gasteiger partial charge in [0.2, 0.25) is 0 Å². The number of fused-ring (bicyclic) bond motifs is 2. The lowest BCUT2D eigenvalue weighted by atomic mass is 9.76. The maximum atomic E-state index is 13.8. The normalized spacial score (nSPS) is 22.2. The van der Waals surface area contributed by atoms with Crippen LogP contribution in [0.2, 0.25) is 0 Å². The van der Waals surface area contributed by atoms with Crippen molar-refractivity contribution in [1.82, 2.24) is 14.8 Å². The van der Waals surface area contributed by atoms with Crippen LogP contribution in [-0.2, 0) is 9.53 Å². The van der Waals surface area contributed by atoms with Crippen molar-refractivity contribution in [3.05, 3.63) is 59.7 Å². The number of halogens is 1. The molecule has 6 rings (SSSR count). The number of H-pyrrole nitrogens is 1. The molecule has 0 radical (unpaired) electrons. The lowest BCUT2D eigenvalue weighted by Gasteiger charge is -2.30. The van der Waals surface area contributed by atoms with E-state index in [2.05, 4.69) is 26.9 Å². The number of carbonyl (C=O) groups is 1. The molecule has 1 aliphatic heterocycles. The van der Waals surface area contributed by atoms with E-state index in [0.29, 0.717) is 11.8 Å². The van der Waals surface area contributed by atoms with Crippen LogP contribution in [0.5, 0.6) is 0 Å². The van der Waals surface area contributed by atoms with Crippen molar-refractivity contribution in [3.8, 4) is 5.69 Å². The summed E-state index contributed by atoms with van der Waals surface area (Å²) in [5.74, 6) is 0.736. The molecule has 1 N–H and O–H groups in total. The molecule has 3 heterocycles. The predicted octanol–water partition coefficient (Wildman–Crippen LogP) is 6.01. The molecule has 0 unspecified atom stereocenters. The smallest absolute Gasteiger partial charge is 0.123 e. The number of ether oxygens (including phenoxy) is 1. The molecule has 4 aromatic rings. The zero-order valence-corrected chi connectivity index (χ0v) is 18.6. The van der Waals surface area contributed by atoms with Gasteiger partial charge in [-0.05, 0) is 86.4 Å². The number of hydrogen-bond acceptors (Lipinski definition) is 3. The molecule has 0 atom stereocenters. The number of hydrogen-bond donors (Lipinski definition) is 1. The minimum absolute atomic E-state index is 0.178. The largest absolute Gasteiger partial charge is 0.381 e. The van der Waals surface area contributed by atoms with E-state index in [4.69, 9.17) is 4.74 Å². The summed E-state index contributed by atoms with van der Waals surface area (Å²) in [5, 5.41) is 9.70. The second-order valence-electron chi connectivity index (χ2n) is 9.57. The van der Waals surface area contributed by atoms with Crippen LogP contribution in [0.25, 0.3) is 27.5 Å². The van der Waals surface area contributed by atoms with E-state index in [0.717, 1.165) is 80.1 Å².